The zero-order valence-corrected chi connectivity index (χ0v) is 18.0. The van der Waals surface area contributed by atoms with Gasteiger partial charge in [0.05, 0.1) is 31.0 Å². The van der Waals surface area contributed by atoms with Crippen LogP contribution in [0.1, 0.15) is 19.4 Å². The van der Waals surface area contributed by atoms with Gasteiger partial charge in [-0.3, -0.25) is 15.5 Å². The summed E-state index contributed by atoms with van der Waals surface area (Å²) >= 11 is 0. The van der Waals surface area contributed by atoms with E-state index in [1.165, 1.54) is 36.9 Å². The van der Waals surface area contributed by atoms with E-state index in [0.29, 0.717) is 17.1 Å². The maximum atomic E-state index is 13.0. The zero-order chi connectivity index (χ0) is 22.3. The van der Waals surface area contributed by atoms with E-state index in [9.17, 15) is 18.5 Å². The average molecular weight is 436 g/mol. The van der Waals surface area contributed by atoms with E-state index in [2.05, 4.69) is 10.5 Å². The summed E-state index contributed by atoms with van der Waals surface area (Å²) in [5.41, 5.74) is 3.09. The van der Waals surface area contributed by atoms with Gasteiger partial charge in [0, 0.05) is 36.9 Å². The minimum atomic E-state index is -3.95. The molecule has 11 heteroatoms. The molecule has 0 aromatic heterocycles. The summed E-state index contributed by atoms with van der Waals surface area (Å²) in [6, 6.07) is 8.70. The highest BCUT2D eigenvalue weighted by Crippen LogP contribution is 2.29. The SMILES string of the molecule is CCN(CC)S(=O)(=O)c1cc([N+](=O)[O-])ccc1NN=Cc1ccc(OC)cc1OC. The van der Waals surface area contributed by atoms with E-state index < -0.39 is 14.9 Å². The van der Waals surface area contributed by atoms with Crippen LogP contribution < -0.4 is 14.9 Å². The van der Waals surface area contributed by atoms with Crippen LogP contribution in [0.2, 0.25) is 0 Å². The van der Waals surface area contributed by atoms with E-state index in [-0.39, 0.29) is 29.4 Å². The highest BCUT2D eigenvalue weighted by molar-refractivity contribution is 7.89. The third-order valence-electron chi connectivity index (χ3n) is 4.33. The number of sulfonamides is 1. The number of benzene rings is 2. The molecule has 0 fully saturated rings. The van der Waals surface area contributed by atoms with Gasteiger partial charge >= 0.3 is 0 Å². The van der Waals surface area contributed by atoms with Crippen molar-refractivity contribution in [1.82, 2.24) is 4.31 Å². The number of anilines is 1. The summed E-state index contributed by atoms with van der Waals surface area (Å²) in [5.74, 6) is 1.12. The molecule has 0 unspecified atom stereocenters. The minimum Gasteiger partial charge on any atom is -0.497 e. The van der Waals surface area contributed by atoms with Crippen LogP contribution in [0.3, 0.4) is 0 Å². The molecule has 2 aromatic rings. The number of hydrogen-bond acceptors (Lipinski definition) is 8. The molecule has 0 heterocycles. The third-order valence-corrected chi connectivity index (χ3v) is 6.42. The Morgan fingerprint density at radius 3 is 2.40 bits per heavy atom. The molecule has 0 aliphatic carbocycles. The van der Waals surface area contributed by atoms with Gasteiger partial charge in [-0.05, 0) is 18.2 Å². The summed E-state index contributed by atoms with van der Waals surface area (Å²) in [4.78, 5) is 10.3. The van der Waals surface area contributed by atoms with Gasteiger partial charge in [0.2, 0.25) is 10.0 Å². The first-order valence-corrected chi connectivity index (χ1v) is 10.5. The van der Waals surface area contributed by atoms with Crippen LogP contribution in [0.4, 0.5) is 11.4 Å². The number of non-ortho nitro benzene ring substituents is 1. The molecule has 162 valence electrons. The molecule has 10 nitrogen and oxygen atoms in total. The maximum Gasteiger partial charge on any atom is 0.270 e. The third kappa shape index (κ3) is 5.05. The summed E-state index contributed by atoms with van der Waals surface area (Å²) in [6.07, 6.45) is 1.45. The Bertz CT molecular complexity index is 1040. The van der Waals surface area contributed by atoms with Crippen molar-refractivity contribution in [3.8, 4) is 11.5 Å². The summed E-state index contributed by atoms with van der Waals surface area (Å²) in [7, 11) is -0.911. The number of methoxy groups -OCH3 is 2. The fraction of sp³-hybridized carbons (Fsp3) is 0.316. The molecule has 0 aliphatic heterocycles. The van der Waals surface area contributed by atoms with E-state index in [0.717, 1.165) is 6.07 Å². The van der Waals surface area contributed by atoms with Crippen molar-refractivity contribution in [2.45, 2.75) is 18.7 Å². The Balaban J connectivity index is 2.43. The van der Waals surface area contributed by atoms with Crippen LogP contribution in [0, 0.1) is 10.1 Å². The lowest BCUT2D eigenvalue weighted by atomic mass is 10.2. The molecule has 0 bridgehead atoms. The Hall–Kier alpha value is -3.18. The lowest BCUT2D eigenvalue weighted by Gasteiger charge is -2.20. The number of rotatable bonds is 10. The standard InChI is InChI=1S/C19H24N4O6S/c1-5-22(6-2)30(26,27)19-11-15(23(24)25)8-10-17(19)21-20-13-14-7-9-16(28-3)12-18(14)29-4/h7-13,21H,5-6H2,1-4H3. The van der Waals surface area contributed by atoms with Crippen molar-refractivity contribution < 1.29 is 22.8 Å². The van der Waals surface area contributed by atoms with Gasteiger partial charge in [0.25, 0.3) is 5.69 Å². The highest BCUT2D eigenvalue weighted by Gasteiger charge is 2.27. The van der Waals surface area contributed by atoms with Crippen molar-refractivity contribution in [3.63, 3.8) is 0 Å². The summed E-state index contributed by atoms with van der Waals surface area (Å²) in [6.45, 7) is 3.85. The molecule has 0 saturated heterocycles. The molecule has 1 N–H and O–H groups in total. The van der Waals surface area contributed by atoms with Gasteiger partial charge in [-0.2, -0.15) is 9.41 Å². The number of ether oxygens (including phenoxy) is 2. The zero-order valence-electron chi connectivity index (χ0n) is 17.2. The molecule has 0 radical (unpaired) electrons. The van der Waals surface area contributed by atoms with Gasteiger partial charge in [-0.15, -0.1) is 0 Å². The first-order valence-electron chi connectivity index (χ1n) is 9.08. The predicted octanol–water partition coefficient (Wildman–Crippen LogP) is 3.09. The van der Waals surface area contributed by atoms with Crippen molar-refractivity contribution in [2.75, 3.05) is 32.7 Å². The fourth-order valence-electron chi connectivity index (χ4n) is 2.73. The lowest BCUT2D eigenvalue weighted by Crippen LogP contribution is -2.31. The van der Waals surface area contributed by atoms with Crippen LogP contribution in [0.15, 0.2) is 46.4 Å². The smallest absolute Gasteiger partial charge is 0.270 e. The fourth-order valence-corrected chi connectivity index (χ4v) is 4.35. The van der Waals surface area contributed by atoms with Crippen LogP contribution in [0.5, 0.6) is 11.5 Å². The Labute approximate surface area is 175 Å². The summed E-state index contributed by atoms with van der Waals surface area (Å²) in [5, 5.41) is 15.2. The molecule has 0 saturated carbocycles. The number of hydrazone groups is 1. The second kappa shape index (κ2) is 10.0. The number of nitrogens with zero attached hydrogens (tertiary/aromatic N) is 3. The minimum absolute atomic E-state index is 0.122. The van der Waals surface area contributed by atoms with Crippen molar-refractivity contribution in [2.24, 2.45) is 5.10 Å². The van der Waals surface area contributed by atoms with Gasteiger partial charge in [0.1, 0.15) is 16.4 Å². The largest absolute Gasteiger partial charge is 0.497 e. The molecule has 2 rings (SSSR count). The molecule has 0 amide bonds. The van der Waals surface area contributed by atoms with Gasteiger partial charge in [-0.1, -0.05) is 13.8 Å². The Morgan fingerprint density at radius 1 is 1.13 bits per heavy atom. The Kier molecular flexibility index (Phi) is 7.72. The molecule has 0 aliphatic rings. The molecular formula is C19H24N4O6S. The number of nitro groups is 1. The van der Waals surface area contributed by atoms with E-state index in [1.807, 2.05) is 0 Å². The quantitative estimate of drug-likeness (QED) is 0.345. The monoisotopic (exact) mass is 436 g/mol. The topological polar surface area (TPSA) is 123 Å². The molecule has 30 heavy (non-hydrogen) atoms. The van der Waals surface area contributed by atoms with Gasteiger partial charge in [-0.25, -0.2) is 8.42 Å². The second-order valence-electron chi connectivity index (χ2n) is 6.00. The second-order valence-corrected chi connectivity index (χ2v) is 7.91. The number of hydrogen-bond donors (Lipinski definition) is 1. The first-order chi connectivity index (χ1) is 14.3. The number of nitrogens with one attached hydrogen (secondary N) is 1. The lowest BCUT2D eigenvalue weighted by molar-refractivity contribution is -0.385. The average Bonchev–Trinajstić information content (AvgIpc) is 2.74. The number of nitro benzene ring substituents is 1. The van der Waals surface area contributed by atoms with Crippen molar-refractivity contribution >= 4 is 27.6 Å². The maximum absolute atomic E-state index is 13.0. The van der Waals surface area contributed by atoms with Crippen molar-refractivity contribution in [1.29, 1.82) is 0 Å². The summed E-state index contributed by atoms with van der Waals surface area (Å²) < 4.78 is 37.6. The van der Waals surface area contributed by atoms with E-state index in [1.54, 1.807) is 32.0 Å². The van der Waals surface area contributed by atoms with Gasteiger partial charge in [0.15, 0.2) is 0 Å². The van der Waals surface area contributed by atoms with Crippen LogP contribution >= 0.6 is 0 Å². The first kappa shape index (κ1) is 23.1. The molecule has 0 atom stereocenters. The predicted molar refractivity (Wildman–Crippen MR) is 114 cm³/mol. The van der Waals surface area contributed by atoms with E-state index >= 15 is 0 Å². The van der Waals surface area contributed by atoms with Crippen LogP contribution in [0.25, 0.3) is 0 Å². The van der Waals surface area contributed by atoms with Gasteiger partial charge < -0.3 is 9.47 Å². The Morgan fingerprint density at radius 2 is 1.83 bits per heavy atom. The highest BCUT2D eigenvalue weighted by atomic mass is 32.2. The molecular weight excluding hydrogens is 412 g/mol. The van der Waals surface area contributed by atoms with Crippen LogP contribution in [-0.4, -0.2) is 51.2 Å². The molecule has 2 aromatic carbocycles. The van der Waals surface area contributed by atoms with E-state index in [4.69, 9.17) is 9.47 Å². The van der Waals surface area contributed by atoms with Crippen LogP contribution in [-0.2, 0) is 10.0 Å². The molecule has 0 spiro atoms. The van der Waals surface area contributed by atoms with Crippen molar-refractivity contribution in [3.05, 3.63) is 52.1 Å². The normalized spacial score (nSPS) is 11.6.